The molecule has 0 amide bonds. The summed E-state index contributed by atoms with van der Waals surface area (Å²) >= 11 is 0. The Morgan fingerprint density at radius 3 is 2.44 bits per heavy atom. The van der Waals surface area contributed by atoms with E-state index in [9.17, 15) is 0 Å². The van der Waals surface area contributed by atoms with Crippen LogP contribution in [0.25, 0.3) is 0 Å². The van der Waals surface area contributed by atoms with Gasteiger partial charge in [-0.2, -0.15) is 0 Å². The molecule has 1 heterocycles. The van der Waals surface area contributed by atoms with Gasteiger partial charge in [0.1, 0.15) is 0 Å². The van der Waals surface area contributed by atoms with Gasteiger partial charge in [0.15, 0.2) is 0 Å². The third-order valence-electron chi connectivity index (χ3n) is 4.56. The van der Waals surface area contributed by atoms with E-state index in [2.05, 4.69) is 4.90 Å². The topological polar surface area (TPSA) is 38.5 Å². The number of likely N-dealkylation sites (tertiary alicyclic amines) is 1. The van der Waals surface area contributed by atoms with Crippen molar-refractivity contribution in [2.75, 3.05) is 26.7 Å². The van der Waals surface area contributed by atoms with E-state index in [-0.39, 0.29) is 0 Å². The van der Waals surface area contributed by atoms with Gasteiger partial charge in [-0.05, 0) is 19.3 Å². The second-order valence-electron chi connectivity index (χ2n) is 5.44. The average Bonchev–Trinajstić information content (AvgIpc) is 2.68. The average molecular weight is 226 g/mol. The molecule has 2 aliphatic rings. The third-order valence-corrected chi connectivity index (χ3v) is 4.56. The summed E-state index contributed by atoms with van der Waals surface area (Å²) in [6.45, 7) is 3.09. The molecular weight excluding hydrogens is 200 g/mol. The summed E-state index contributed by atoms with van der Waals surface area (Å²) in [5, 5.41) is 0. The standard InChI is InChI=1S/C13H26N2O/c1-16-12-6-9-15(10-12)13(11-14)7-4-2-3-5-8-13/h12H,2-11,14H2,1H3. The van der Waals surface area contributed by atoms with Gasteiger partial charge < -0.3 is 10.5 Å². The van der Waals surface area contributed by atoms with E-state index in [1.807, 2.05) is 7.11 Å². The quantitative estimate of drug-likeness (QED) is 0.745. The van der Waals surface area contributed by atoms with Gasteiger partial charge in [0, 0.05) is 32.3 Å². The Kier molecular flexibility index (Phi) is 4.22. The fraction of sp³-hybridized carbons (Fsp3) is 1.00. The largest absolute Gasteiger partial charge is 0.380 e. The lowest BCUT2D eigenvalue weighted by molar-refractivity contribution is 0.0648. The van der Waals surface area contributed by atoms with E-state index in [0.29, 0.717) is 11.6 Å². The van der Waals surface area contributed by atoms with Crippen molar-refractivity contribution >= 4 is 0 Å². The van der Waals surface area contributed by atoms with Gasteiger partial charge in [-0.1, -0.05) is 25.7 Å². The molecule has 0 spiro atoms. The molecule has 1 atom stereocenters. The van der Waals surface area contributed by atoms with Gasteiger partial charge in [-0.3, -0.25) is 4.90 Å². The SMILES string of the molecule is COC1CCN(C2(CN)CCCCCC2)C1. The van der Waals surface area contributed by atoms with Crippen LogP contribution in [0.2, 0.25) is 0 Å². The number of nitrogens with zero attached hydrogens (tertiary/aromatic N) is 1. The second-order valence-corrected chi connectivity index (χ2v) is 5.44. The van der Waals surface area contributed by atoms with Crippen molar-refractivity contribution in [2.45, 2.75) is 56.6 Å². The van der Waals surface area contributed by atoms with Crippen LogP contribution in [-0.4, -0.2) is 43.3 Å². The molecule has 1 saturated carbocycles. The van der Waals surface area contributed by atoms with Crippen molar-refractivity contribution in [2.24, 2.45) is 5.73 Å². The first-order valence-electron chi connectivity index (χ1n) is 6.79. The molecule has 0 radical (unpaired) electrons. The van der Waals surface area contributed by atoms with Gasteiger partial charge >= 0.3 is 0 Å². The summed E-state index contributed by atoms with van der Waals surface area (Å²) in [4.78, 5) is 2.62. The lowest BCUT2D eigenvalue weighted by Gasteiger charge is -2.41. The molecule has 0 aromatic rings. The molecule has 1 aliphatic carbocycles. The highest BCUT2D eigenvalue weighted by Gasteiger charge is 2.39. The van der Waals surface area contributed by atoms with Crippen molar-refractivity contribution < 1.29 is 4.74 Å². The number of methoxy groups -OCH3 is 1. The van der Waals surface area contributed by atoms with E-state index in [4.69, 9.17) is 10.5 Å². The molecule has 16 heavy (non-hydrogen) atoms. The van der Waals surface area contributed by atoms with E-state index in [1.54, 1.807) is 0 Å². The molecule has 1 saturated heterocycles. The molecule has 3 heteroatoms. The zero-order chi connectivity index (χ0) is 11.4. The fourth-order valence-corrected chi connectivity index (χ4v) is 3.39. The van der Waals surface area contributed by atoms with Crippen LogP contribution in [0.5, 0.6) is 0 Å². The Labute approximate surface area is 99.3 Å². The number of ether oxygens (including phenoxy) is 1. The van der Waals surface area contributed by atoms with E-state index in [1.165, 1.54) is 51.5 Å². The molecule has 2 rings (SSSR count). The predicted octanol–water partition coefficient (Wildman–Crippen LogP) is 1.76. The summed E-state index contributed by atoms with van der Waals surface area (Å²) in [6, 6.07) is 0. The normalized spacial score (nSPS) is 31.5. The zero-order valence-electron chi connectivity index (χ0n) is 10.6. The van der Waals surface area contributed by atoms with Gasteiger partial charge in [-0.15, -0.1) is 0 Å². The van der Waals surface area contributed by atoms with Crippen molar-refractivity contribution in [1.29, 1.82) is 0 Å². The highest BCUT2D eigenvalue weighted by atomic mass is 16.5. The summed E-state index contributed by atoms with van der Waals surface area (Å²) in [7, 11) is 1.83. The summed E-state index contributed by atoms with van der Waals surface area (Å²) in [6.07, 6.45) is 9.69. The fourth-order valence-electron chi connectivity index (χ4n) is 3.39. The Balaban J connectivity index is 2.02. The predicted molar refractivity (Wildman–Crippen MR) is 66.5 cm³/mol. The van der Waals surface area contributed by atoms with Gasteiger partial charge in [0.05, 0.1) is 6.10 Å². The van der Waals surface area contributed by atoms with Crippen LogP contribution in [0.4, 0.5) is 0 Å². The zero-order valence-corrected chi connectivity index (χ0v) is 10.6. The Hall–Kier alpha value is -0.120. The minimum absolute atomic E-state index is 0.295. The monoisotopic (exact) mass is 226 g/mol. The van der Waals surface area contributed by atoms with Crippen LogP contribution >= 0.6 is 0 Å². The first-order valence-corrected chi connectivity index (χ1v) is 6.79. The molecule has 94 valence electrons. The third kappa shape index (κ3) is 2.41. The summed E-state index contributed by atoms with van der Waals surface area (Å²) in [5.41, 5.74) is 6.39. The Morgan fingerprint density at radius 2 is 1.94 bits per heavy atom. The number of rotatable bonds is 3. The lowest BCUT2D eigenvalue weighted by Crippen LogP contribution is -2.52. The molecular formula is C13H26N2O. The molecule has 2 fully saturated rings. The number of nitrogens with two attached hydrogens (primary N) is 1. The molecule has 3 nitrogen and oxygen atoms in total. The first-order chi connectivity index (χ1) is 7.80. The van der Waals surface area contributed by atoms with Crippen molar-refractivity contribution in [1.82, 2.24) is 4.90 Å². The first kappa shape index (κ1) is 12.3. The van der Waals surface area contributed by atoms with Crippen LogP contribution in [0.3, 0.4) is 0 Å². The summed E-state index contributed by atoms with van der Waals surface area (Å²) < 4.78 is 5.47. The van der Waals surface area contributed by atoms with E-state index in [0.717, 1.165) is 13.1 Å². The molecule has 1 aliphatic heterocycles. The van der Waals surface area contributed by atoms with Crippen LogP contribution < -0.4 is 5.73 Å². The second kappa shape index (κ2) is 5.48. The molecule has 0 aromatic carbocycles. The number of hydrogen-bond donors (Lipinski definition) is 1. The highest BCUT2D eigenvalue weighted by Crippen LogP contribution is 2.34. The van der Waals surface area contributed by atoms with Crippen molar-refractivity contribution in [3.05, 3.63) is 0 Å². The van der Waals surface area contributed by atoms with Gasteiger partial charge in [-0.25, -0.2) is 0 Å². The van der Waals surface area contributed by atoms with Crippen molar-refractivity contribution in [3.63, 3.8) is 0 Å². The minimum atomic E-state index is 0.295. The van der Waals surface area contributed by atoms with E-state index >= 15 is 0 Å². The minimum Gasteiger partial charge on any atom is -0.380 e. The van der Waals surface area contributed by atoms with Gasteiger partial charge in [0.2, 0.25) is 0 Å². The van der Waals surface area contributed by atoms with Crippen molar-refractivity contribution in [3.8, 4) is 0 Å². The molecule has 1 unspecified atom stereocenters. The molecule has 0 bridgehead atoms. The van der Waals surface area contributed by atoms with Gasteiger partial charge in [0.25, 0.3) is 0 Å². The Morgan fingerprint density at radius 1 is 1.25 bits per heavy atom. The maximum atomic E-state index is 6.09. The van der Waals surface area contributed by atoms with E-state index < -0.39 is 0 Å². The Bertz CT molecular complexity index is 212. The summed E-state index contributed by atoms with van der Waals surface area (Å²) in [5.74, 6) is 0. The highest BCUT2D eigenvalue weighted by molar-refractivity contribution is 4.96. The maximum absolute atomic E-state index is 6.09. The maximum Gasteiger partial charge on any atom is 0.0710 e. The van der Waals surface area contributed by atoms with Crippen LogP contribution in [-0.2, 0) is 4.74 Å². The number of hydrogen-bond acceptors (Lipinski definition) is 3. The smallest absolute Gasteiger partial charge is 0.0710 e. The van der Waals surface area contributed by atoms with Crippen LogP contribution in [0, 0.1) is 0 Å². The van der Waals surface area contributed by atoms with Crippen LogP contribution in [0.15, 0.2) is 0 Å². The molecule has 2 N–H and O–H groups in total. The van der Waals surface area contributed by atoms with Crippen LogP contribution in [0.1, 0.15) is 44.9 Å². The lowest BCUT2D eigenvalue weighted by atomic mass is 9.88. The molecule has 0 aromatic heterocycles.